The molecule has 0 aromatic heterocycles. The van der Waals surface area contributed by atoms with E-state index in [1.165, 1.54) is 4.90 Å². The zero-order chi connectivity index (χ0) is 12.7. The summed E-state index contributed by atoms with van der Waals surface area (Å²) >= 11 is 0. The number of nitrogens with zero attached hydrogens (tertiary/aromatic N) is 1. The molecule has 2 heterocycles. The van der Waals surface area contributed by atoms with E-state index in [1.54, 1.807) is 18.2 Å². The maximum Gasteiger partial charge on any atom is 0.254 e. The fourth-order valence-electron chi connectivity index (χ4n) is 2.15. The van der Waals surface area contributed by atoms with Crippen molar-refractivity contribution in [3.63, 3.8) is 0 Å². The first-order chi connectivity index (χ1) is 8.65. The van der Waals surface area contributed by atoms with Gasteiger partial charge in [0.25, 0.3) is 5.91 Å². The molecular formula is C12H13NO5. The third kappa shape index (κ3) is 1.79. The van der Waals surface area contributed by atoms with Crippen molar-refractivity contribution in [2.75, 3.05) is 19.9 Å². The summed E-state index contributed by atoms with van der Waals surface area (Å²) in [6.45, 7) is 0.455. The number of hydrogen-bond acceptors (Lipinski definition) is 5. The van der Waals surface area contributed by atoms with Gasteiger partial charge < -0.3 is 24.6 Å². The van der Waals surface area contributed by atoms with Crippen molar-refractivity contribution in [3.05, 3.63) is 23.8 Å². The summed E-state index contributed by atoms with van der Waals surface area (Å²) in [5.74, 6) is 0.929. The molecule has 18 heavy (non-hydrogen) atoms. The van der Waals surface area contributed by atoms with Crippen LogP contribution in [0.1, 0.15) is 10.4 Å². The molecule has 0 bridgehead atoms. The lowest BCUT2D eigenvalue weighted by Crippen LogP contribution is -2.29. The second-order valence-corrected chi connectivity index (χ2v) is 4.41. The van der Waals surface area contributed by atoms with Crippen LogP contribution in [0.2, 0.25) is 0 Å². The highest BCUT2D eigenvalue weighted by Gasteiger charge is 2.33. The van der Waals surface area contributed by atoms with Crippen molar-refractivity contribution in [2.24, 2.45) is 0 Å². The monoisotopic (exact) mass is 251 g/mol. The highest BCUT2D eigenvalue weighted by atomic mass is 16.7. The summed E-state index contributed by atoms with van der Waals surface area (Å²) in [7, 11) is 0. The Morgan fingerprint density at radius 3 is 2.56 bits per heavy atom. The second kappa shape index (κ2) is 4.15. The van der Waals surface area contributed by atoms with E-state index in [0.29, 0.717) is 17.1 Å². The third-order valence-electron chi connectivity index (χ3n) is 3.17. The number of hydrogen-bond donors (Lipinski definition) is 2. The topological polar surface area (TPSA) is 79.2 Å². The second-order valence-electron chi connectivity index (χ2n) is 4.41. The number of ether oxygens (including phenoxy) is 2. The minimum Gasteiger partial charge on any atom is -0.454 e. The van der Waals surface area contributed by atoms with Crippen molar-refractivity contribution < 1.29 is 24.5 Å². The van der Waals surface area contributed by atoms with E-state index in [1.807, 2.05) is 0 Å². The van der Waals surface area contributed by atoms with Crippen LogP contribution in [0.25, 0.3) is 0 Å². The summed E-state index contributed by atoms with van der Waals surface area (Å²) in [6, 6.07) is 4.94. The van der Waals surface area contributed by atoms with Crippen molar-refractivity contribution in [3.8, 4) is 11.5 Å². The van der Waals surface area contributed by atoms with Gasteiger partial charge in [-0.2, -0.15) is 0 Å². The largest absolute Gasteiger partial charge is 0.454 e. The Morgan fingerprint density at radius 2 is 1.83 bits per heavy atom. The maximum absolute atomic E-state index is 12.1. The molecule has 1 aromatic rings. The van der Waals surface area contributed by atoms with Crippen LogP contribution in [-0.2, 0) is 0 Å². The van der Waals surface area contributed by atoms with E-state index in [0.717, 1.165) is 0 Å². The van der Waals surface area contributed by atoms with Gasteiger partial charge in [0, 0.05) is 18.7 Å². The van der Waals surface area contributed by atoms with Gasteiger partial charge in [0.15, 0.2) is 11.5 Å². The van der Waals surface area contributed by atoms with E-state index in [4.69, 9.17) is 9.47 Å². The van der Waals surface area contributed by atoms with Gasteiger partial charge in [-0.3, -0.25) is 4.79 Å². The van der Waals surface area contributed by atoms with Gasteiger partial charge in [0.05, 0.1) is 12.2 Å². The van der Waals surface area contributed by atoms with E-state index < -0.39 is 12.2 Å². The highest BCUT2D eigenvalue weighted by molar-refractivity contribution is 5.95. The van der Waals surface area contributed by atoms with Crippen LogP contribution in [0.3, 0.4) is 0 Å². The number of fused-ring (bicyclic) bond motifs is 1. The first-order valence-corrected chi connectivity index (χ1v) is 5.70. The maximum atomic E-state index is 12.1. The summed E-state index contributed by atoms with van der Waals surface area (Å²) in [5, 5.41) is 18.9. The molecule has 1 fully saturated rings. The average molecular weight is 251 g/mol. The zero-order valence-electron chi connectivity index (χ0n) is 9.57. The number of carbonyl (C=O) groups excluding carboxylic acids is 1. The molecule has 0 spiro atoms. The molecule has 6 heteroatoms. The number of carbonyl (C=O) groups is 1. The number of aliphatic hydroxyl groups is 2. The number of aliphatic hydroxyl groups excluding tert-OH is 2. The smallest absolute Gasteiger partial charge is 0.254 e. The lowest BCUT2D eigenvalue weighted by atomic mass is 10.2. The minimum absolute atomic E-state index is 0.147. The van der Waals surface area contributed by atoms with Crippen LogP contribution in [0, 0.1) is 0 Å². The molecule has 1 saturated heterocycles. The highest BCUT2D eigenvalue weighted by Crippen LogP contribution is 2.33. The number of β-amino-alcohol motifs (C(OH)–C–C–N with tert-alkyl or cyclic N) is 2. The Hall–Kier alpha value is -1.79. The van der Waals surface area contributed by atoms with Crippen LogP contribution in [0.4, 0.5) is 0 Å². The molecule has 1 aromatic carbocycles. The lowest BCUT2D eigenvalue weighted by molar-refractivity contribution is 0.0572. The molecule has 0 saturated carbocycles. The third-order valence-corrected chi connectivity index (χ3v) is 3.17. The summed E-state index contributed by atoms with van der Waals surface area (Å²) in [6.07, 6.45) is -1.74. The van der Waals surface area contributed by atoms with Gasteiger partial charge in [-0.25, -0.2) is 0 Å². The molecule has 2 N–H and O–H groups in total. The first kappa shape index (κ1) is 11.3. The zero-order valence-corrected chi connectivity index (χ0v) is 9.57. The molecule has 2 atom stereocenters. The molecule has 96 valence electrons. The molecule has 3 rings (SSSR count). The van der Waals surface area contributed by atoms with Gasteiger partial charge >= 0.3 is 0 Å². The van der Waals surface area contributed by atoms with Crippen LogP contribution < -0.4 is 9.47 Å². The Morgan fingerprint density at radius 1 is 1.17 bits per heavy atom. The van der Waals surface area contributed by atoms with Crippen LogP contribution in [-0.4, -0.2) is 53.1 Å². The van der Waals surface area contributed by atoms with E-state index in [9.17, 15) is 15.0 Å². The molecule has 0 aliphatic carbocycles. The van der Waals surface area contributed by atoms with Crippen LogP contribution in [0.15, 0.2) is 18.2 Å². The summed E-state index contributed by atoms with van der Waals surface area (Å²) < 4.78 is 10.4. The molecule has 2 unspecified atom stereocenters. The van der Waals surface area contributed by atoms with E-state index in [-0.39, 0.29) is 25.8 Å². The van der Waals surface area contributed by atoms with Crippen molar-refractivity contribution in [1.82, 2.24) is 4.90 Å². The lowest BCUT2D eigenvalue weighted by Gasteiger charge is -2.15. The summed E-state index contributed by atoms with van der Waals surface area (Å²) in [5.41, 5.74) is 0.459. The number of benzene rings is 1. The molecule has 0 radical (unpaired) electrons. The Kier molecular flexibility index (Phi) is 2.61. The average Bonchev–Trinajstić information content (AvgIpc) is 2.95. The van der Waals surface area contributed by atoms with Crippen molar-refractivity contribution in [1.29, 1.82) is 0 Å². The summed E-state index contributed by atoms with van der Waals surface area (Å²) in [4.78, 5) is 13.6. The molecule has 1 amide bonds. The fraction of sp³-hybridized carbons (Fsp3) is 0.417. The van der Waals surface area contributed by atoms with Crippen molar-refractivity contribution in [2.45, 2.75) is 12.2 Å². The van der Waals surface area contributed by atoms with Gasteiger partial charge in [0.2, 0.25) is 6.79 Å². The number of rotatable bonds is 1. The SMILES string of the molecule is O=C(c1ccc2c(c1)OCO2)N1CC(O)C(O)C1. The standard InChI is InChI=1S/C12H13NO5/c14-8-4-13(5-9(8)15)12(16)7-1-2-10-11(3-7)18-6-17-10/h1-3,8-9,14-15H,4-6H2. The van der Waals surface area contributed by atoms with E-state index in [2.05, 4.69) is 0 Å². The van der Waals surface area contributed by atoms with Gasteiger partial charge in [-0.1, -0.05) is 0 Å². The Balaban J connectivity index is 1.81. The predicted molar refractivity (Wildman–Crippen MR) is 60.5 cm³/mol. The fourth-order valence-corrected chi connectivity index (χ4v) is 2.15. The van der Waals surface area contributed by atoms with E-state index >= 15 is 0 Å². The normalized spacial score (nSPS) is 25.6. The van der Waals surface area contributed by atoms with Crippen LogP contribution >= 0.6 is 0 Å². The van der Waals surface area contributed by atoms with Gasteiger partial charge in [0.1, 0.15) is 0 Å². The van der Waals surface area contributed by atoms with Gasteiger partial charge in [-0.05, 0) is 18.2 Å². The molecule has 2 aliphatic heterocycles. The molecular weight excluding hydrogens is 238 g/mol. The minimum atomic E-state index is -0.872. The molecule has 6 nitrogen and oxygen atoms in total. The van der Waals surface area contributed by atoms with Gasteiger partial charge in [-0.15, -0.1) is 0 Å². The Labute approximate surface area is 103 Å². The number of amides is 1. The Bertz CT molecular complexity index is 479. The first-order valence-electron chi connectivity index (χ1n) is 5.70. The quantitative estimate of drug-likeness (QED) is 0.709. The number of likely N-dealkylation sites (tertiary alicyclic amines) is 1. The molecule has 2 aliphatic rings. The van der Waals surface area contributed by atoms with Crippen LogP contribution in [0.5, 0.6) is 11.5 Å². The van der Waals surface area contributed by atoms with Crippen molar-refractivity contribution >= 4 is 5.91 Å². The predicted octanol–water partition coefficient (Wildman–Crippen LogP) is -0.407.